The normalized spacial score (nSPS) is 10.1. The van der Waals surface area contributed by atoms with Crippen molar-refractivity contribution in [1.82, 2.24) is 4.98 Å². The van der Waals surface area contributed by atoms with E-state index in [1.165, 1.54) is 0 Å². The standard InChI is InChI=1S/C15H17N3O2/c1-2-20-15(19)12-3-4-13(16)14(9-12)18-10-11-5-7-17-8-6-11/h3-9,18H,2,10,16H2,1H3. The molecule has 0 aliphatic carbocycles. The van der Waals surface area contributed by atoms with E-state index >= 15 is 0 Å². The molecule has 0 saturated heterocycles. The first-order chi connectivity index (χ1) is 9.70. The van der Waals surface area contributed by atoms with Gasteiger partial charge in [-0.3, -0.25) is 4.98 Å². The second kappa shape index (κ2) is 6.56. The number of aromatic nitrogens is 1. The monoisotopic (exact) mass is 271 g/mol. The minimum atomic E-state index is -0.348. The van der Waals surface area contributed by atoms with Crippen molar-refractivity contribution < 1.29 is 9.53 Å². The topological polar surface area (TPSA) is 77.2 Å². The second-order valence-electron chi connectivity index (χ2n) is 4.23. The highest BCUT2D eigenvalue weighted by atomic mass is 16.5. The van der Waals surface area contributed by atoms with Gasteiger partial charge in [-0.1, -0.05) is 0 Å². The molecule has 0 amide bonds. The van der Waals surface area contributed by atoms with Crippen molar-refractivity contribution in [3.8, 4) is 0 Å². The van der Waals surface area contributed by atoms with Crippen molar-refractivity contribution in [3.05, 3.63) is 53.9 Å². The van der Waals surface area contributed by atoms with E-state index in [1.807, 2.05) is 12.1 Å². The molecule has 0 fully saturated rings. The summed E-state index contributed by atoms with van der Waals surface area (Å²) in [5.74, 6) is -0.348. The number of nitrogens with one attached hydrogen (secondary N) is 1. The minimum absolute atomic E-state index is 0.348. The molecule has 0 spiro atoms. The summed E-state index contributed by atoms with van der Waals surface area (Å²) in [6, 6.07) is 8.89. The Morgan fingerprint density at radius 2 is 2.05 bits per heavy atom. The molecule has 1 heterocycles. The Labute approximate surface area is 117 Å². The van der Waals surface area contributed by atoms with Gasteiger partial charge in [0, 0.05) is 18.9 Å². The Bertz CT molecular complexity index is 585. The molecule has 0 unspecified atom stereocenters. The predicted octanol–water partition coefficient (Wildman–Crippen LogP) is 2.45. The van der Waals surface area contributed by atoms with E-state index in [1.54, 1.807) is 37.5 Å². The minimum Gasteiger partial charge on any atom is -0.462 e. The molecule has 2 rings (SSSR count). The average molecular weight is 271 g/mol. The maximum atomic E-state index is 11.7. The van der Waals surface area contributed by atoms with Crippen LogP contribution in [-0.4, -0.2) is 17.6 Å². The molecular formula is C15H17N3O2. The molecule has 0 radical (unpaired) electrons. The molecule has 0 saturated carbocycles. The lowest BCUT2D eigenvalue weighted by molar-refractivity contribution is 0.0526. The van der Waals surface area contributed by atoms with E-state index in [9.17, 15) is 4.79 Å². The number of nitrogen functional groups attached to an aromatic ring is 1. The quantitative estimate of drug-likeness (QED) is 0.645. The number of carbonyl (C=O) groups excluding carboxylic acids is 1. The largest absolute Gasteiger partial charge is 0.462 e. The average Bonchev–Trinajstić information content (AvgIpc) is 2.47. The zero-order valence-corrected chi connectivity index (χ0v) is 11.3. The molecule has 1 aromatic carbocycles. The summed E-state index contributed by atoms with van der Waals surface area (Å²) in [4.78, 5) is 15.6. The number of benzene rings is 1. The van der Waals surface area contributed by atoms with Gasteiger partial charge in [0.05, 0.1) is 23.5 Å². The smallest absolute Gasteiger partial charge is 0.338 e. The zero-order chi connectivity index (χ0) is 14.4. The number of nitrogens with two attached hydrogens (primary N) is 1. The number of pyridine rings is 1. The number of nitrogens with zero attached hydrogens (tertiary/aromatic N) is 1. The van der Waals surface area contributed by atoms with E-state index in [0.29, 0.717) is 30.1 Å². The van der Waals surface area contributed by atoms with E-state index < -0.39 is 0 Å². The van der Waals surface area contributed by atoms with Gasteiger partial charge in [-0.15, -0.1) is 0 Å². The van der Waals surface area contributed by atoms with Crippen LogP contribution in [0.3, 0.4) is 0 Å². The van der Waals surface area contributed by atoms with E-state index in [-0.39, 0.29) is 5.97 Å². The summed E-state index contributed by atoms with van der Waals surface area (Å²) < 4.78 is 4.97. The summed E-state index contributed by atoms with van der Waals surface area (Å²) in [5, 5.41) is 3.21. The third-order valence-electron chi connectivity index (χ3n) is 2.80. The Morgan fingerprint density at radius 1 is 1.30 bits per heavy atom. The Morgan fingerprint density at radius 3 is 2.75 bits per heavy atom. The van der Waals surface area contributed by atoms with Crippen molar-refractivity contribution in [3.63, 3.8) is 0 Å². The fourth-order valence-corrected chi connectivity index (χ4v) is 1.75. The lowest BCUT2D eigenvalue weighted by Gasteiger charge is -2.11. The molecule has 2 aromatic rings. The van der Waals surface area contributed by atoms with Crippen molar-refractivity contribution in [2.45, 2.75) is 13.5 Å². The van der Waals surface area contributed by atoms with E-state index in [4.69, 9.17) is 10.5 Å². The van der Waals surface area contributed by atoms with Crippen molar-refractivity contribution in [1.29, 1.82) is 0 Å². The lowest BCUT2D eigenvalue weighted by Crippen LogP contribution is -2.07. The van der Waals surface area contributed by atoms with Crippen molar-refractivity contribution in [2.75, 3.05) is 17.7 Å². The first-order valence-electron chi connectivity index (χ1n) is 6.40. The second-order valence-corrected chi connectivity index (χ2v) is 4.23. The summed E-state index contributed by atoms with van der Waals surface area (Å²) in [6.07, 6.45) is 3.46. The Kier molecular flexibility index (Phi) is 4.55. The van der Waals surface area contributed by atoms with Crippen LogP contribution in [0.25, 0.3) is 0 Å². The van der Waals surface area contributed by atoms with Gasteiger partial charge in [0.15, 0.2) is 0 Å². The predicted molar refractivity (Wildman–Crippen MR) is 78.4 cm³/mol. The van der Waals surface area contributed by atoms with Gasteiger partial charge >= 0.3 is 5.97 Å². The molecule has 5 heteroatoms. The van der Waals surface area contributed by atoms with Gasteiger partial charge in [0.1, 0.15) is 0 Å². The molecule has 0 bridgehead atoms. The first kappa shape index (κ1) is 13.9. The molecule has 20 heavy (non-hydrogen) atoms. The fraction of sp³-hybridized carbons (Fsp3) is 0.200. The van der Waals surface area contributed by atoms with Crippen LogP contribution in [0.5, 0.6) is 0 Å². The Hall–Kier alpha value is -2.56. The van der Waals surface area contributed by atoms with Crippen LogP contribution in [0, 0.1) is 0 Å². The highest BCUT2D eigenvalue weighted by molar-refractivity contribution is 5.92. The van der Waals surface area contributed by atoms with Crippen LogP contribution in [0.15, 0.2) is 42.7 Å². The molecule has 104 valence electrons. The molecule has 0 aliphatic heterocycles. The van der Waals surface area contributed by atoms with Gasteiger partial charge in [0.25, 0.3) is 0 Å². The van der Waals surface area contributed by atoms with Crippen molar-refractivity contribution in [2.24, 2.45) is 0 Å². The summed E-state index contributed by atoms with van der Waals surface area (Å²) >= 11 is 0. The molecular weight excluding hydrogens is 254 g/mol. The highest BCUT2D eigenvalue weighted by Crippen LogP contribution is 2.21. The van der Waals surface area contributed by atoms with Gasteiger partial charge < -0.3 is 15.8 Å². The van der Waals surface area contributed by atoms with E-state index in [0.717, 1.165) is 5.56 Å². The fourth-order valence-electron chi connectivity index (χ4n) is 1.75. The molecule has 5 nitrogen and oxygen atoms in total. The number of esters is 1. The lowest BCUT2D eigenvalue weighted by atomic mass is 10.1. The van der Waals surface area contributed by atoms with Crippen LogP contribution < -0.4 is 11.1 Å². The number of hydrogen-bond donors (Lipinski definition) is 2. The number of carbonyl (C=O) groups is 1. The number of hydrogen-bond acceptors (Lipinski definition) is 5. The summed E-state index contributed by atoms with van der Waals surface area (Å²) in [7, 11) is 0. The third kappa shape index (κ3) is 3.47. The van der Waals surface area contributed by atoms with Gasteiger partial charge in [-0.2, -0.15) is 0 Å². The van der Waals surface area contributed by atoms with Crippen LogP contribution in [0.2, 0.25) is 0 Å². The SMILES string of the molecule is CCOC(=O)c1ccc(N)c(NCc2ccncc2)c1. The number of anilines is 2. The van der Waals surface area contributed by atoms with Crippen LogP contribution in [0.1, 0.15) is 22.8 Å². The molecule has 0 atom stereocenters. The maximum absolute atomic E-state index is 11.7. The summed E-state index contributed by atoms with van der Waals surface area (Å²) in [5.41, 5.74) is 8.77. The first-order valence-corrected chi connectivity index (χ1v) is 6.40. The van der Waals surface area contributed by atoms with Gasteiger partial charge in [-0.25, -0.2) is 4.79 Å². The van der Waals surface area contributed by atoms with Crippen LogP contribution in [0.4, 0.5) is 11.4 Å². The number of rotatable bonds is 5. The molecule has 3 N–H and O–H groups in total. The van der Waals surface area contributed by atoms with Crippen molar-refractivity contribution >= 4 is 17.3 Å². The number of ether oxygens (including phenoxy) is 1. The maximum Gasteiger partial charge on any atom is 0.338 e. The third-order valence-corrected chi connectivity index (χ3v) is 2.80. The van der Waals surface area contributed by atoms with Gasteiger partial charge in [-0.05, 0) is 42.8 Å². The van der Waals surface area contributed by atoms with Gasteiger partial charge in [0.2, 0.25) is 0 Å². The molecule has 1 aromatic heterocycles. The van der Waals surface area contributed by atoms with E-state index in [2.05, 4.69) is 10.3 Å². The highest BCUT2D eigenvalue weighted by Gasteiger charge is 2.09. The summed E-state index contributed by atoms with van der Waals surface area (Å²) in [6.45, 7) is 2.74. The molecule has 0 aliphatic rings. The van der Waals surface area contributed by atoms with Crippen LogP contribution >= 0.6 is 0 Å². The Balaban J connectivity index is 2.10. The van der Waals surface area contributed by atoms with Crippen LogP contribution in [-0.2, 0) is 11.3 Å². The zero-order valence-electron chi connectivity index (χ0n) is 11.3.